The Bertz CT molecular complexity index is 835. The molecule has 0 aliphatic rings. The van der Waals surface area contributed by atoms with Crippen LogP contribution in [0, 0.1) is 10.6 Å². The first-order valence-corrected chi connectivity index (χ1v) is 7.12. The van der Waals surface area contributed by atoms with Crippen molar-refractivity contribution >= 4 is 35.4 Å². The number of nitrogens with one attached hydrogen (secondary N) is 1. The van der Waals surface area contributed by atoms with E-state index in [9.17, 15) is 4.39 Å². The molecular formula is C14H8Cl2FN3S. The van der Waals surface area contributed by atoms with Crippen LogP contribution < -0.4 is 0 Å². The van der Waals surface area contributed by atoms with E-state index in [1.54, 1.807) is 4.57 Å². The summed E-state index contributed by atoms with van der Waals surface area (Å²) in [5.74, 6) is 0.0426. The summed E-state index contributed by atoms with van der Waals surface area (Å²) in [5.41, 5.74) is 1.23. The van der Waals surface area contributed by atoms with Crippen molar-refractivity contribution in [3.8, 4) is 17.1 Å². The standard InChI is InChI=1S/C14H8Cl2FN3S/c15-10-6-9(17)7-11(16)12(10)20-13(18-19-14(20)21)8-4-2-1-3-5-8/h1-7H,(H,19,21). The van der Waals surface area contributed by atoms with Gasteiger partial charge in [-0.3, -0.25) is 9.67 Å². The van der Waals surface area contributed by atoms with Gasteiger partial charge in [-0.1, -0.05) is 53.5 Å². The minimum Gasteiger partial charge on any atom is -0.265 e. The fourth-order valence-corrected chi connectivity index (χ4v) is 2.89. The van der Waals surface area contributed by atoms with Crippen LogP contribution in [-0.4, -0.2) is 14.8 Å². The van der Waals surface area contributed by atoms with Crippen molar-refractivity contribution in [3.63, 3.8) is 0 Å². The maximum Gasteiger partial charge on any atom is 0.200 e. The molecule has 1 N–H and O–H groups in total. The molecule has 0 unspecified atom stereocenters. The molecule has 1 heterocycles. The molecule has 0 fully saturated rings. The van der Waals surface area contributed by atoms with Crippen LogP contribution in [0.5, 0.6) is 0 Å². The number of aromatic nitrogens is 3. The highest BCUT2D eigenvalue weighted by molar-refractivity contribution is 7.71. The zero-order valence-corrected chi connectivity index (χ0v) is 12.8. The molecule has 3 nitrogen and oxygen atoms in total. The van der Waals surface area contributed by atoms with Gasteiger partial charge in [0.15, 0.2) is 10.6 Å². The van der Waals surface area contributed by atoms with Gasteiger partial charge in [0.25, 0.3) is 0 Å². The van der Waals surface area contributed by atoms with Gasteiger partial charge in [0.05, 0.1) is 15.7 Å². The second kappa shape index (κ2) is 5.60. The van der Waals surface area contributed by atoms with Gasteiger partial charge in [0.2, 0.25) is 0 Å². The average Bonchev–Trinajstić information content (AvgIpc) is 2.81. The lowest BCUT2D eigenvalue weighted by Crippen LogP contribution is -2.00. The van der Waals surface area contributed by atoms with Gasteiger partial charge in [0.1, 0.15) is 5.82 Å². The Morgan fingerprint density at radius 1 is 1.10 bits per heavy atom. The number of halogens is 3. The normalized spacial score (nSPS) is 10.8. The molecule has 0 radical (unpaired) electrons. The van der Waals surface area contributed by atoms with Crippen LogP contribution in [0.15, 0.2) is 42.5 Å². The Kier molecular flexibility index (Phi) is 3.80. The SMILES string of the molecule is Fc1cc(Cl)c(-n2c(-c3ccccc3)n[nH]c2=S)c(Cl)c1. The minimum atomic E-state index is -0.509. The Balaban J connectivity index is 2.30. The Morgan fingerprint density at radius 2 is 1.71 bits per heavy atom. The molecule has 0 atom stereocenters. The van der Waals surface area contributed by atoms with Crippen LogP contribution in [0.3, 0.4) is 0 Å². The van der Waals surface area contributed by atoms with Crippen LogP contribution in [0.25, 0.3) is 17.1 Å². The highest BCUT2D eigenvalue weighted by atomic mass is 35.5. The number of hydrogen-bond donors (Lipinski definition) is 1. The number of rotatable bonds is 2. The lowest BCUT2D eigenvalue weighted by Gasteiger charge is -2.11. The van der Waals surface area contributed by atoms with E-state index >= 15 is 0 Å². The molecule has 3 rings (SSSR count). The van der Waals surface area contributed by atoms with E-state index in [0.717, 1.165) is 5.56 Å². The van der Waals surface area contributed by atoms with Gasteiger partial charge >= 0.3 is 0 Å². The van der Waals surface area contributed by atoms with Crippen LogP contribution in [0.2, 0.25) is 10.0 Å². The molecule has 7 heteroatoms. The van der Waals surface area contributed by atoms with Crippen molar-refractivity contribution in [1.29, 1.82) is 0 Å². The number of nitrogens with zero attached hydrogens (tertiary/aromatic N) is 2. The molecule has 21 heavy (non-hydrogen) atoms. The van der Waals surface area contributed by atoms with Crippen LogP contribution in [0.4, 0.5) is 4.39 Å². The Labute approximate surface area is 135 Å². The summed E-state index contributed by atoms with van der Waals surface area (Å²) in [6.45, 7) is 0. The number of H-pyrrole nitrogens is 1. The van der Waals surface area contributed by atoms with E-state index < -0.39 is 5.82 Å². The van der Waals surface area contributed by atoms with E-state index in [-0.39, 0.29) is 10.0 Å². The molecule has 106 valence electrons. The molecule has 2 aromatic carbocycles. The maximum atomic E-state index is 13.3. The Hall–Kier alpha value is -1.69. The third-order valence-corrected chi connectivity index (χ3v) is 3.76. The first kappa shape index (κ1) is 14.3. The lowest BCUT2D eigenvalue weighted by atomic mass is 10.2. The lowest BCUT2D eigenvalue weighted by molar-refractivity contribution is 0.627. The van der Waals surface area contributed by atoms with E-state index in [1.165, 1.54) is 12.1 Å². The third-order valence-electron chi connectivity index (χ3n) is 2.91. The number of benzene rings is 2. The van der Waals surface area contributed by atoms with Crippen molar-refractivity contribution in [1.82, 2.24) is 14.8 Å². The maximum absolute atomic E-state index is 13.3. The summed E-state index contributed by atoms with van der Waals surface area (Å²) in [5, 5.41) is 7.23. The molecular weight excluding hydrogens is 332 g/mol. The van der Waals surface area contributed by atoms with E-state index in [1.807, 2.05) is 30.3 Å². The highest BCUT2D eigenvalue weighted by Gasteiger charge is 2.17. The number of hydrogen-bond acceptors (Lipinski definition) is 2. The second-order valence-corrected chi connectivity index (χ2v) is 5.47. The smallest absolute Gasteiger partial charge is 0.200 e. The third kappa shape index (κ3) is 2.60. The number of aromatic amines is 1. The summed E-state index contributed by atoms with van der Waals surface area (Å²) in [4.78, 5) is 0. The predicted molar refractivity (Wildman–Crippen MR) is 84.2 cm³/mol. The first-order chi connectivity index (χ1) is 10.1. The first-order valence-electron chi connectivity index (χ1n) is 5.95. The van der Waals surface area contributed by atoms with E-state index in [4.69, 9.17) is 35.4 Å². The zero-order chi connectivity index (χ0) is 15.0. The quantitative estimate of drug-likeness (QED) is 0.663. The van der Waals surface area contributed by atoms with Crippen molar-refractivity contribution in [2.24, 2.45) is 0 Å². The Morgan fingerprint density at radius 3 is 2.33 bits per heavy atom. The summed E-state index contributed by atoms with van der Waals surface area (Å²) in [6, 6.07) is 11.8. The molecule has 1 aromatic heterocycles. The topological polar surface area (TPSA) is 33.6 Å². The van der Waals surface area contributed by atoms with Gasteiger partial charge in [-0.25, -0.2) is 4.39 Å². The van der Waals surface area contributed by atoms with Gasteiger partial charge in [0, 0.05) is 5.56 Å². The van der Waals surface area contributed by atoms with Crippen molar-refractivity contribution in [3.05, 3.63) is 63.1 Å². The summed E-state index contributed by atoms with van der Waals surface area (Å²) in [7, 11) is 0. The molecule has 0 aliphatic carbocycles. The van der Waals surface area contributed by atoms with Gasteiger partial charge in [-0.15, -0.1) is 0 Å². The van der Waals surface area contributed by atoms with Gasteiger partial charge in [-0.05, 0) is 24.4 Å². The fourth-order valence-electron chi connectivity index (χ4n) is 2.03. The summed E-state index contributed by atoms with van der Waals surface area (Å²) >= 11 is 17.5. The average molecular weight is 340 g/mol. The van der Waals surface area contributed by atoms with Gasteiger partial charge < -0.3 is 0 Å². The largest absolute Gasteiger partial charge is 0.265 e. The monoisotopic (exact) mass is 339 g/mol. The molecule has 3 aromatic rings. The van der Waals surface area contributed by atoms with Crippen molar-refractivity contribution < 1.29 is 4.39 Å². The van der Waals surface area contributed by atoms with Crippen LogP contribution in [-0.2, 0) is 0 Å². The molecule has 0 saturated heterocycles. The zero-order valence-electron chi connectivity index (χ0n) is 10.5. The molecule has 0 aliphatic heterocycles. The second-order valence-electron chi connectivity index (χ2n) is 4.27. The van der Waals surface area contributed by atoms with Gasteiger partial charge in [-0.2, -0.15) is 5.10 Å². The predicted octanol–water partition coefficient (Wildman–Crippen LogP) is 5.04. The van der Waals surface area contributed by atoms with Crippen LogP contribution in [0.1, 0.15) is 0 Å². The highest BCUT2D eigenvalue weighted by Crippen LogP contribution is 2.33. The minimum absolute atomic E-state index is 0.162. The summed E-state index contributed by atoms with van der Waals surface area (Å²) < 4.78 is 15.3. The summed E-state index contributed by atoms with van der Waals surface area (Å²) in [6.07, 6.45) is 0. The van der Waals surface area contributed by atoms with E-state index in [2.05, 4.69) is 10.2 Å². The fraction of sp³-hybridized carbons (Fsp3) is 0. The molecule has 0 spiro atoms. The molecule has 0 bridgehead atoms. The van der Waals surface area contributed by atoms with E-state index in [0.29, 0.717) is 16.3 Å². The van der Waals surface area contributed by atoms with Crippen molar-refractivity contribution in [2.45, 2.75) is 0 Å². The molecule has 0 amide bonds. The van der Waals surface area contributed by atoms with Crippen LogP contribution >= 0.6 is 35.4 Å². The molecule has 0 saturated carbocycles. The van der Waals surface area contributed by atoms with Crippen molar-refractivity contribution in [2.75, 3.05) is 0 Å².